The Hall–Kier alpha value is -0.850. The molecule has 0 heterocycles. The van der Waals surface area contributed by atoms with E-state index < -0.39 is 0 Å². The summed E-state index contributed by atoms with van der Waals surface area (Å²) in [4.78, 5) is 0. The first kappa shape index (κ1) is 13.2. The Bertz CT molecular complexity index is 382. The van der Waals surface area contributed by atoms with E-state index in [9.17, 15) is 0 Å². The average Bonchev–Trinajstić information content (AvgIpc) is 2.29. The lowest BCUT2D eigenvalue weighted by Crippen LogP contribution is -2.30. The fraction of sp³-hybridized carbons (Fsp3) is 0.462. The molecule has 2 rings (SSSR count). The summed E-state index contributed by atoms with van der Waals surface area (Å²) in [6.07, 6.45) is 2.07. The summed E-state index contributed by atoms with van der Waals surface area (Å²) >= 11 is 3.40. The van der Waals surface area contributed by atoms with Gasteiger partial charge in [-0.1, -0.05) is 47.1 Å². The molecule has 0 aromatic heterocycles. The highest BCUT2D eigenvalue weighted by Crippen LogP contribution is 2.45. The van der Waals surface area contributed by atoms with Gasteiger partial charge in [-0.15, -0.1) is 0 Å². The van der Waals surface area contributed by atoms with Crippen LogP contribution >= 0.6 is 15.9 Å². The van der Waals surface area contributed by atoms with Crippen molar-refractivity contribution < 1.29 is 0 Å². The van der Waals surface area contributed by atoms with Gasteiger partial charge in [0.1, 0.15) is 4.32 Å². The van der Waals surface area contributed by atoms with Gasteiger partial charge in [-0.25, -0.2) is 0 Å². The number of nitrogens with one attached hydrogen (secondary N) is 1. The second-order valence-corrected chi connectivity index (χ2v) is 5.20. The lowest BCUT2D eigenvalue weighted by atomic mass is 9.78. The maximum Gasteiger partial charge on any atom is 0.141 e. The number of benzene rings is 1. The van der Waals surface area contributed by atoms with Gasteiger partial charge in [0.2, 0.25) is 0 Å². The lowest BCUT2D eigenvalue weighted by Gasteiger charge is -2.32. The molecule has 0 fully saturated rings. The molecule has 0 bridgehead atoms. The van der Waals surface area contributed by atoms with Crippen molar-refractivity contribution in [3.63, 3.8) is 0 Å². The highest BCUT2D eigenvalue weighted by atomic mass is 79.9. The summed E-state index contributed by atoms with van der Waals surface area (Å²) in [5.74, 6) is 0. The predicted molar refractivity (Wildman–Crippen MR) is 70.6 cm³/mol. The van der Waals surface area contributed by atoms with Crippen molar-refractivity contribution in [2.45, 2.75) is 24.1 Å². The third kappa shape index (κ3) is 2.84. The van der Waals surface area contributed by atoms with Crippen LogP contribution in [0.4, 0.5) is 0 Å². The Morgan fingerprint density at radius 1 is 1.50 bits per heavy atom. The van der Waals surface area contributed by atoms with Gasteiger partial charge in [0.15, 0.2) is 0 Å². The molecule has 2 nitrogen and oxygen atoms in total. The van der Waals surface area contributed by atoms with E-state index in [4.69, 9.17) is 5.26 Å². The third-order valence-electron chi connectivity index (χ3n) is 2.56. The Kier molecular flexibility index (Phi) is 4.98. The van der Waals surface area contributed by atoms with Crippen LogP contribution in [0.3, 0.4) is 0 Å². The molecule has 0 amide bonds. The first-order chi connectivity index (χ1) is 7.68. The van der Waals surface area contributed by atoms with Crippen molar-refractivity contribution in [2.24, 2.45) is 0 Å². The van der Waals surface area contributed by atoms with Crippen LogP contribution in [0, 0.1) is 11.3 Å². The van der Waals surface area contributed by atoms with Crippen molar-refractivity contribution in [3.05, 3.63) is 35.4 Å². The van der Waals surface area contributed by atoms with Gasteiger partial charge >= 0.3 is 0 Å². The first-order valence-corrected chi connectivity index (χ1v) is 6.30. The van der Waals surface area contributed by atoms with Crippen LogP contribution in [0.15, 0.2) is 24.3 Å². The molecule has 0 saturated heterocycles. The second-order valence-electron chi connectivity index (χ2n) is 3.85. The molecule has 1 aliphatic carbocycles. The van der Waals surface area contributed by atoms with Crippen molar-refractivity contribution in [2.75, 3.05) is 13.6 Å². The fourth-order valence-electron chi connectivity index (χ4n) is 1.66. The molecule has 0 spiro atoms. The summed E-state index contributed by atoms with van der Waals surface area (Å²) < 4.78 is -0.385. The van der Waals surface area contributed by atoms with E-state index in [0.717, 1.165) is 18.5 Å². The normalized spacial score (nSPS) is 20.9. The smallest absolute Gasteiger partial charge is 0.141 e. The second kappa shape index (κ2) is 6.03. The number of nitrogens with zero attached hydrogens (tertiary/aromatic N) is 1. The molecule has 0 saturated carbocycles. The zero-order valence-corrected chi connectivity index (χ0v) is 11.3. The summed E-state index contributed by atoms with van der Waals surface area (Å²) in [6.45, 7) is 3.29. The topological polar surface area (TPSA) is 35.8 Å². The van der Waals surface area contributed by atoms with E-state index in [2.05, 4.69) is 40.3 Å². The van der Waals surface area contributed by atoms with Gasteiger partial charge in [-0.3, -0.25) is 0 Å². The maximum atomic E-state index is 8.80. The maximum absolute atomic E-state index is 8.80. The van der Waals surface area contributed by atoms with Crippen LogP contribution in [-0.2, 0) is 10.7 Å². The third-order valence-corrected chi connectivity index (χ3v) is 3.44. The van der Waals surface area contributed by atoms with Gasteiger partial charge in [-0.2, -0.15) is 5.26 Å². The van der Waals surface area contributed by atoms with Gasteiger partial charge in [0.05, 0.1) is 6.07 Å². The fourth-order valence-corrected chi connectivity index (χ4v) is 2.35. The van der Waals surface area contributed by atoms with Gasteiger partial charge in [-0.05, 0) is 31.1 Å². The van der Waals surface area contributed by atoms with Crippen LogP contribution < -0.4 is 5.32 Å². The number of fused-ring (bicyclic) bond motifs is 1. The predicted octanol–water partition coefficient (Wildman–Crippen LogP) is 2.97. The minimum Gasteiger partial charge on any atom is -0.320 e. The quantitative estimate of drug-likeness (QED) is 0.846. The van der Waals surface area contributed by atoms with Crippen LogP contribution in [0.25, 0.3) is 0 Å². The van der Waals surface area contributed by atoms with Gasteiger partial charge in [0, 0.05) is 6.42 Å². The average molecular weight is 281 g/mol. The van der Waals surface area contributed by atoms with Gasteiger partial charge in [0.25, 0.3) is 0 Å². The van der Waals surface area contributed by atoms with Crippen molar-refractivity contribution in [3.8, 4) is 6.07 Å². The van der Waals surface area contributed by atoms with Crippen LogP contribution in [0.1, 0.15) is 24.5 Å². The Morgan fingerprint density at radius 3 is 2.62 bits per heavy atom. The SMILES string of the molecule is CCCNC.N#CC1(Br)Cc2ccccc21. The Labute approximate surface area is 106 Å². The zero-order valence-electron chi connectivity index (χ0n) is 9.76. The number of hydrogen-bond donors (Lipinski definition) is 1. The molecule has 1 aliphatic rings. The molecule has 1 atom stereocenters. The molecule has 3 heteroatoms. The summed E-state index contributed by atoms with van der Waals surface area (Å²) in [7, 11) is 1.96. The Morgan fingerprint density at radius 2 is 2.19 bits per heavy atom. The molecular weight excluding hydrogens is 264 g/mol. The Balaban J connectivity index is 0.000000221. The van der Waals surface area contributed by atoms with E-state index in [0.29, 0.717) is 0 Å². The highest BCUT2D eigenvalue weighted by Gasteiger charge is 2.40. The molecule has 1 unspecified atom stereocenters. The van der Waals surface area contributed by atoms with Crippen LogP contribution in [0.5, 0.6) is 0 Å². The van der Waals surface area contributed by atoms with Crippen LogP contribution in [-0.4, -0.2) is 13.6 Å². The molecule has 86 valence electrons. The summed E-state index contributed by atoms with van der Waals surface area (Å²) in [5, 5.41) is 11.8. The van der Waals surface area contributed by atoms with E-state index in [1.165, 1.54) is 12.0 Å². The number of hydrogen-bond acceptors (Lipinski definition) is 2. The van der Waals surface area contributed by atoms with E-state index in [1.807, 2.05) is 25.2 Å². The zero-order chi connectivity index (χ0) is 12.0. The van der Waals surface area contributed by atoms with Gasteiger partial charge < -0.3 is 5.32 Å². The molecule has 1 N–H and O–H groups in total. The van der Waals surface area contributed by atoms with Crippen molar-refractivity contribution in [1.29, 1.82) is 5.26 Å². The largest absolute Gasteiger partial charge is 0.320 e. The van der Waals surface area contributed by atoms with Crippen LogP contribution in [0.2, 0.25) is 0 Å². The monoisotopic (exact) mass is 280 g/mol. The lowest BCUT2D eigenvalue weighted by molar-refractivity contribution is 0.696. The number of nitriles is 1. The molecule has 0 radical (unpaired) electrons. The molecule has 16 heavy (non-hydrogen) atoms. The number of alkyl halides is 1. The van der Waals surface area contributed by atoms with E-state index in [-0.39, 0.29) is 4.32 Å². The highest BCUT2D eigenvalue weighted by molar-refractivity contribution is 9.09. The van der Waals surface area contributed by atoms with E-state index >= 15 is 0 Å². The molecule has 0 aliphatic heterocycles. The number of rotatable bonds is 2. The summed E-state index contributed by atoms with van der Waals surface area (Å²) in [6, 6.07) is 10.3. The molecule has 1 aromatic carbocycles. The minimum atomic E-state index is -0.385. The number of halogens is 1. The standard InChI is InChI=1S/C9H6BrN.C4H11N/c10-9(6-11)5-7-3-1-2-4-8(7)9;1-3-4-5-2/h1-4H,5H2;5H,3-4H2,1-2H3. The minimum absolute atomic E-state index is 0.385. The van der Waals surface area contributed by atoms with Crippen molar-refractivity contribution in [1.82, 2.24) is 5.32 Å². The van der Waals surface area contributed by atoms with Crippen molar-refractivity contribution >= 4 is 15.9 Å². The first-order valence-electron chi connectivity index (χ1n) is 5.51. The summed E-state index contributed by atoms with van der Waals surface area (Å²) in [5.41, 5.74) is 2.41. The molecular formula is C13H17BrN2. The molecule has 1 aromatic rings. The van der Waals surface area contributed by atoms with E-state index in [1.54, 1.807) is 0 Å².